The number of rotatable bonds is 9. The molecule has 0 heterocycles. The molecule has 144 valence electrons. The van der Waals surface area contributed by atoms with Gasteiger partial charge in [0.05, 0.1) is 13.7 Å². The first-order valence-corrected chi connectivity index (χ1v) is 9.95. The van der Waals surface area contributed by atoms with Crippen molar-refractivity contribution in [2.75, 3.05) is 20.3 Å². The summed E-state index contributed by atoms with van der Waals surface area (Å²) >= 11 is 0. The Morgan fingerprint density at radius 3 is 2.37 bits per heavy atom. The zero-order valence-electron chi connectivity index (χ0n) is 15.3. The number of esters is 1. The summed E-state index contributed by atoms with van der Waals surface area (Å²) < 4.78 is 36.2. The van der Waals surface area contributed by atoms with Crippen LogP contribution in [0.25, 0.3) is 6.08 Å². The Labute approximate surface area is 159 Å². The number of aryl methyl sites for hydroxylation is 1. The Morgan fingerprint density at radius 1 is 1.07 bits per heavy atom. The summed E-state index contributed by atoms with van der Waals surface area (Å²) in [5, 5.41) is 1.03. The molecule has 0 aromatic heterocycles. The summed E-state index contributed by atoms with van der Waals surface area (Å²) in [6, 6.07) is 14.8. The van der Waals surface area contributed by atoms with Gasteiger partial charge in [0.15, 0.2) is 0 Å². The van der Waals surface area contributed by atoms with Crippen LogP contribution in [0.2, 0.25) is 0 Å². The molecular weight excluding hydrogens is 366 g/mol. The van der Waals surface area contributed by atoms with Crippen molar-refractivity contribution in [2.24, 2.45) is 0 Å². The maximum Gasteiger partial charge on any atom is 0.321 e. The van der Waals surface area contributed by atoms with E-state index < -0.39 is 22.5 Å². The first-order chi connectivity index (χ1) is 12.9. The number of nitrogens with one attached hydrogen (secondary N) is 1. The molecule has 2 aromatic rings. The smallest absolute Gasteiger partial charge is 0.321 e. The van der Waals surface area contributed by atoms with Crippen LogP contribution in [0, 0.1) is 6.92 Å². The summed E-state index contributed by atoms with van der Waals surface area (Å²) in [4.78, 5) is 11.7. The van der Waals surface area contributed by atoms with Gasteiger partial charge >= 0.3 is 5.97 Å². The van der Waals surface area contributed by atoms with Crippen molar-refractivity contribution < 1.29 is 22.7 Å². The second kappa shape index (κ2) is 9.89. The molecule has 0 aliphatic carbocycles. The number of sulfonamides is 1. The van der Waals surface area contributed by atoms with Gasteiger partial charge in [0.25, 0.3) is 0 Å². The third-order valence-electron chi connectivity index (χ3n) is 3.75. The molecular formula is C20H23NO5S. The molecule has 0 spiro atoms. The van der Waals surface area contributed by atoms with E-state index in [1.807, 2.05) is 55.5 Å². The van der Waals surface area contributed by atoms with Gasteiger partial charge in [-0.25, -0.2) is 13.1 Å². The number of hydrogen-bond donors (Lipinski definition) is 1. The van der Waals surface area contributed by atoms with E-state index in [-0.39, 0.29) is 6.61 Å². The standard InChI is InChI=1S/C20H23NO5S/c1-16-3-5-18(6-4-16)12-14-27(23,24)21-15-20(22)26-13-11-17-7-9-19(25-2)10-8-17/h3-10,12,14,21H,11,13,15H2,1-2H3/b14-12+. The fraction of sp³-hybridized carbons (Fsp3) is 0.250. The molecule has 0 aliphatic rings. The minimum Gasteiger partial charge on any atom is -0.497 e. The van der Waals surface area contributed by atoms with Crippen molar-refractivity contribution in [3.63, 3.8) is 0 Å². The van der Waals surface area contributed by atoms with Gasteiger partial charge in [-0.15, -0.1) is 0 Å². The number of benzene rings is 2. The first kappa shape index (κ1) is 20.7. The van der Waals surface area contributed by atoms with E-state index in [0.29, 0.717) is 6.42 Å². The number of ether oxygens (including phenoxy) is 2. The number of methoxy groups -OCH3 is 1. The zero-order chi connectivity index (χ0) is 19.7. The Bertz CT molecular complexity index is 872. The highest BCUT2D eigenvalue weighted by atomic mass is 32.2. The van der Waals surface area contributed by atoms with Crippen molar-refractivity contribution in [1.29, 1.82) is 0 Å². The molecule has 0 amide bonds. The third-order valence-corrected chi connectivity index (χ3v) is 4.79. The van der Waals surface area contributed by atoms with Crippen LogP contribution in [0.3, 0.4) is 0 Å². The second-order valence-corrected chi connectivity index (χ2v) is 7.55. The van der Waals surface area contributed by atoms with Crippen molar-refractivity contribution in [2.45, 2.75) is 13.3 Å². The van der Waals surface area contributed by atoms with E-state index >= 15 is 0 Å². The number of carbonyl (C=O) groups is 1. The molecule has 0 aliphatic heterocycles. The third kappa shape index (κ3) is 7.64. The first-order valence-electron chi connectivity index (χ1n) is 8.41. The molecule has 2 rings (SSSR count). The highest BCUT2D eigenvalue weighted by Gasteiger charge is 2.10. The molecule has 27 heavy (non-hydrogen) atoms. The van der Waals surface area contributed by atoms with E-state index in [4.69, 9.17) is 9.47 Å². The maximum absolute atomic E-state index is 11.9. The van der Waals surface area contributed by atoms with Gasteiger partial charge in [0.2, 0.25) is 10.0 Å². The molecule has 0 unspecified atom stereocenters. The van der Waals surface area contributed by atoms with Crippen LogP contribution in [0.5, 0.6) is 5.75 Å². The maximum atomic E-state index is 11.9. The molecule has 0 saturated heterocycles. The van der Waals surface area contributed by atoms with Gasteiger partial charge in [-0.05, 0) is 36.3 Å². The Morgan fingerprint density at radius 2 is 1.74 bits per heavy atom. The van der Waals surface area contributed by atoms with Gasteiger partial charge in [-0.2, -0.15) is 0 Å². The monoisotopic (exact) mass is 389 g/mol. The summed E-state index contributed by atoms with van der Waals surface area (Å²) in [6.45, 7) is 1.71. The van der Waals surface area contributed by atoms with E-state index in [1.54, 1.807) is 7.11 Å². The fourth-order valence-electron chi connectivity index (χ4n) is 2.18. The molecule has 6 nitrogen and oxygen atoms in total. The molecule has 0 fully saturated rings. The second-order valence-electron chi connectivity index (χ2n) is 5.90. The lowest BCUT2D eigenvalue weighted by Gasteiger charge is -2.06. The average molecular weight is 389 g/mol. The zero-order valence-corrected chi connectivity index (χ0v) is 16.2. The molecule has 0 saturated carbocycles. The topological polar surface area (TPSA) is 81.7 Å². The Hall–Kier alpha value is -2.64. The van der Waals surface area contributed by atoms with E-state index in [2.05, 4.69) is 4.72 Å². The predicted octanol–water partition coefficient (Wildman–Crippen LogP) is 2.68. The van der Waals surface area contributed by atoms with Crippen LogP contribution in [-0.2, 0) is 26.0 Å². The van der Waals surface area contributed by atoms with Crippen LogP contribution < -0.4 is 9.46 Å². The van der Waals surface area contributed by atoms with Crippen LogP contribution in [0.1, 0.15) is 16.7 Å². The van der Waals surface area contributed by atoms with Crippen molar-refractivity contribution in [3.05, 3.63) is 70.6 Å². The van der Waals surface area contributed by atoms with Gasteiger partial charge < -0.3 is 9.47 Å². The van der Waals surface area contributed by atoms with Crippen molar-refractivity contribution in [3.8, 4) is 5.75 Å². The fourth-order valence-corrected chi connectivity index (χ4v) is 2.93. The lowest BCUT2D eigenvalue weighted by atomic mass is 10.1. The Kier molecular flexibility index (Phi) is 7.57. The number of hydrogen-bond acceptors (Lipinski definition) is 5. The lowest BCUT2D eigenvalue weighted by Crippen LogP contribution is -2.29. The van der Waals surface area contributed by atoms with Crippen molar-refractivity contribution >= 4 is 22.1 Å². The SMILES string of the molecule is COc1ccc(CCOC(=O)CNS(=O)(=O)/C=C/c2ccc(C)cc2)cc1. The van der Waals surface area contributed by atoms with Crippen LogP contribution in [0.15, 0.2) is 53.9 Å². The molecule has 0 bridgehead atoms. The van der Waals surface area contributed by atoms with E-state index in [1.165, 1.54) is 6.08 Å². The lowest BCUT2D eigenvalue weighted by molar-refractivity contribution is -0.142. The Balaban J connectivity index is 1.73. The van der Waals surface area contributed by atoms with Gasteiger partial charge in [0, 0.05) is 11.8 Å². The van der Waals surface area contributed by atoms with Gasteiger partial charge in [-0.3, -0.25) is 4.79 Å². The average Bonchev–Trinajstić information content (AvgIpc) is 2.67. The van der Waals surface area contributed by atoms with Crippen LogP contribution in [-0.4, -0.2) is 34.6 Å². The van der Waals surface area contributed by atoms with E-state index in [0.717, 1.165) is 27.8 Å². The van der Waals surface area contributed by atoms with Crippen LogP contribution >= 0.6 is 0 Å². The summed E-state index contributed by atoms with van der Waals surface area (Å²) in [6.07, 6.45) is 2.01. The molecule has 0 atom stereocenters. The number of carbonyl (C=O) groups excluding carboxylic acids is 1. The molecule has 2 aromatic carbocycles. The van der Waals surface area contributed by atoms with Crippen molar-refractivity contribution in [1.82, 2.24) is 4.72 Å². The summed E-state index contributed by atoms with van der Waals surface area (Å²) in [5.74, 6) is 0.125. The predicted molar refractivity (Wildman–Crippen MR) is 105 cm³/mol. The largest absolute Gasteiger partial charge is 0.497 e. The minimum atomic E-state index is -3.72. The molecule has 7 heteroatoms. The molecule has 1 N–H and O–H groups in total. The summed E-state index contributed by atoms with van der Waals surface area (Å²) in [7, 11) is -2.12. The molecule has 0 radical (unpaired) electrons. The van der Waals surface area contributed by atoms with Gasteiger partial charge in [0.1, 0.15) is 12.3 Å². The van der Waals surface area contributed by atoms with Crippen LogP contribution in [0.4, 0.5) is 0 Å². The van der Waals surface area contributed by atoms with E-state index in [9.17, 15) is 13.2 Å². The normalized spacial score (nSPS) is 11.5. The minimum absolute atomic E-state index is 0.173. The highest BCUT2D eigenvalue weighted by Crippen LogP contribution is 2.11. The highest BCUT2D eigenvalue weighted by molar-refractivity contribution is 7.92. The summed E-state index contributed by atoms with van der Waals surface area (Å²) in [5.41, 5.74) is 2.84. The van der Waals surface area contributed by atoms with Gasteiger partial charge in [-0.1, -0.05) is 42.0 Å². The quantitative estimate of drug-likeness (QED) is 0.667.